The van der Waals surface area contributed by atoms with E-state index in [1.54, 1.807) is 14.2 Å². The lowest BCUT2D eigenvalue weighted by Gasteiger charge is -2.31. The van der Waals surface area contributed by atoms with Gasteiger partial charge in [-0.3, -0.25) is 4.79 Å². The molecule has 1 fully saturated rings. The van der Waals surface area contributed by atoms with Crippen molar-refractivity contribution in [2.24, 2.45) is 0 Å². The third-order valence-corrected chi connectivity index (χ3v) is 9.64. The van der Waals surface area contributed by atoms with E-state index in [0.29, 0.717) is 18.7 Å². The molecule has 2 heterocycles. The number of ether oxygens (including phenoxy) is 2. The van der Waals surface area contributed by atoms with E-state index >= 15 is 0 Å². The Hall–Kier alpha value is -4.06. The standard InChI is InChI=1S/C36H38N2O4/c1-41-27-15-11-23(12-16-27)21-37-29-9-5-3-7-25(29)19-31(37)33-35(39)34(36(33)40)32-20-26-8-4-6-10-30(26)38(32)22-24-13-17-28(42-2)18-14-24/h11-20,31,34H,3-10,21-22H2,1-2H3/p+1. The van der Waals surface area contributed by atoms with E-state index in [1.807, 2.05) is 24.3 Å². The Morgan fingerprint density at radius 3 is 2.19 bits per heavy atom. The molecule has 0 bridgehead atoms. The number of methoxy groups -OCH3 is 2. The van der Waals surface area contributed by atoms with E-state index in [2.05, 4.69) is 45.6 Å². The second-order valence-electron chi connectivity index (χ2n) is 12.0. The fraction of sp³-hybridized carbons (Fsp3) is 0.389. The van der Waals surface area contributed by atoms with Crippen LogP contribution in [0.15, 0.2) is 77.6 Å². The maximum absolute atomic E-state index is 14.1. The normalized spacial score (nSPS) is 21.6. The van der Waals surface area contributed by atoms with Crippen molar-refractivity contribution in [3.05, 3.63) is 106 Å². The number of hydrogen-bond acceptors (Lipinski definition) is 4. The lowest BCUT2D eigenvalue weighted by atomic mass is 9.76. The van der Waals surface area contributed by atoms with Crippen LogP contribution < -0.4 is 9.47 Å². The first-order chi connectivity index (χ1) is 20.6. The summed E-state index contributed by atoms with van der Waals surface area (Å²) < 4.78 is 15.4. The van der Waals surface area contributed by atoms with Gasteiger partial charge in [0, 0.05) is 35.5 Å². The number of carbonyl (C=O) groups excluding carboxylic acids is 1. The molecule has 1 N–H and O–H groups in total. The molecule has 42 heavy (non-hydrogen) atoms. The van der Waals surface area contributed by atoms with Crippen LogP contribution in [0.2, 0.25) is 0 Å². The molecule has 0 spiro atoms. The van der Waals surface area contributed by atoms with E-state index in [9.17, 15) is 9.90 Å². The maximum Gasteiger partial charge on any atom is 0.204 e. The number of allylic oxidation sites excluding steroid dienone is 2. The van der Waals surface area contributed by atoms with Crippen LogP contribution in [0.1, 0.15) is 72.5 Å². The largest absolute Gasteiger partial charge is 0.510 e. The fourth-order valence-electron chi connectivity index (χ4n) is 7.41. The summed E-state index contributed by atoms with van der Waals surface area (Å²) in [6, 6.07) is 18.3. The Kier molecular flexibility index (Phi) is 7.01. The van der Waals surface area contributed by atoms with Gasteiger partial charge in [0.05, 0.1) is 14.2 Å². The summed E-state index contributed by atoms with van der Waals surface area (Å²) >= 11 is 0. The van der Waals surface area contributed by atoms with Gasteiger partial charge in [0.1, 0.15) is 28.7 Å². The zero-order chi connectivity index (χ0) is 28.8. The van der Waals surface area contributed by atoms with Gasteiger partial charge in [-0.15, -0.1) is 0 Å². The molecule has 3 aliphatic carbocycles. The summed E-state index contributed by atoms with van der Waals surface area (Å²) in [6.07, 6.45) is 11.0. The molecule has 0 amide bonds. The quantitative estimate of drug-likeness (QED) is 0.320. The van der Waals surface area contributed by atoms with Crippen molar-refractivity contribution in [2.45, 2.75) is 76.4 Å². The lowest BCUT2D eigenvalue weighted by molar-refractivity contribution is -0.558. The fourth-order valence-corrected chi connectivity index (χ4v) is 7.41. The molecule has 3 aromatic rings. The van der Waals surface area contributed by atoms with Crippen molar-refractivity contribution in [3.63, 3.8) is 0 Å². The molecule has 1 aliphatic heterocycles. The predicted octanol–water partition coefficient (Wildman–Crippen LogP) is 6.45. The third kappa shape index (κ3) is 4.57. The lowest BCUT2D eigenvalue weighted by Crippen LogP contribution is -2.41. The highest BCUT2D eigenvalue weighted by Crippen LogP contribution is 2.45. The molecule has 7 rings (SSSR count). The molecule has 216 valence electrons. The topological polar surface area (TPSA) is 63.7 Å². The molecule has 4 aliphatic rings. The van der Waals surface area contributed by atoms with Crippen LogP contribution >= 0.6 is 0 Å². The zero-order valence-corrected chi connectivity index (χ0v) is 24.6. The van der Waals surface area contributed by atoms with Crippen LogP contribution in [0.25, 0.3) is 0 Å². The number of ketones is 1. The van der Waals surface area contributed by atoms with Crippen LogP contribution in [-0.4, -0.2) is 46.0 Å². The minimum absolute atomic E-state index is 0.0548. The van der Waals surface area contributed by atoms with Crippen molar-refractivity contribution < 1.29 is 24.0 Å². The number of aliphatic hydroxyl groups excluding tert-OH is 1. The Labute approximate surface area is 247 Å². The van der Waals surface area contributed by atoms with Gasteiger partial charge < -0.3 is 19.1 Å². The minimum atomic E-state index is -0.599. The number of fused-ring (bicyclic) bond motifs is 2. The van der Waals surface area contributed by atoms with Gasteiger partial charge >= 0.3 is 0 Å². The average molecular weight is 564 g/mol. The molecular weight excluding hydrogens is 524 g/mol. The summed E-state index contributed by atoms with van der Waals surface area (Å²) in [5, 5.41) is 11.7. The molecule has 1 saturated carbocycles. The number of nitrogens with zero attached hydrogens (tertiary/aromatic N) is 2. The Morgan fingerprint density at radius 1 is 0.857 bits per heavy atom. The summed E-state index contributed by atoms with van der Waals surface area (Å²) in [7, 11) is 3.35. The number of benzene rings is 2. The van der Waals surface area contributed by atoms with Gasteiger partial charge in [-0.2, -0.15) is 0 Å². The molecule has 0 saturated heterocycles. The second kappa shape index (κ2) is 11.0. The summed E-state index contributed by atoms with van der Waals surface area (Å²) in [4.78, 5) is 14.1. The highest BCUT2D eigenvalue weighted by Gasteiger charge is 2.51. The monoisotopic (exact) mass is 563 g/mol. The zero-order valence-electron chi connectivity index (χ0n) is 24.6. The number of hydrogen-bond donors (Lipinski definition) is 1. The SMILES string of the molecule is COc1ccc(Cn2c(C3C(=O)C(C4C=C5CCCCC5=[N+]4Cc4ccc(OC)cc4)=C3O)cc3c2CCCC3)cc1. The molecule has 6 nitrogen and oxygen atoms in total. The van der Waals surface area contributed by atoms with Gasteiger partial charge in [0.2, 0.25) is 6.04 Å². The minimum Gasteiger partial charge on any atom is -0.510 e. The molecular formula is C36H39N2O4+. The highest BCUT2D eigenvalue weighted by molar-refractivity contribution is 6.11. The first kappa shape index (κ1) is 26.8. The van der Waals surface area contributed by atoms with Gasteiger partial charge in [0.25, 0.3) is 0 Å². The molecule has 6 heteroatoms. The highest BCUT2D eigenvalue weighted by atomic mass is 16.5. The number of aryl methyl sites for hydroxylation is 1. The smallest absolute Gasteiger partial charge is 0.204 e. The first-order valence-electron chi connectivity index (χ1n) is 15.3. The third-order valence-electron chi connectivity index (χ3n) is 9.64. The van der Waals surface area contributed by atoms with E-state index < -0.39 is 5.92 Å². The molecule has 1 aromatic heterocycles. The molecule has 0 radical (unpaired) electrons. The average Bonchev–Trinajstić information content (AvgIpc) is 3.55. The van der Waals surface area contributed by atoms with Gasteiger partial charge in [0.15, 0.2) is 18.0 Å². The Morgan fingerprint density at radius 2 is 1.50 bits per heavy atom. The van der Waals surface area contributed by atoms with Gasteiger partial charge in [-0.05, 0) is 105 Å². The number of carbonyl (C=O) groups is 1. The van der Waals surface area contributed by atoms with Crippen LogP contribution in [-0.2, 0) is 30.7 Å². The van der Waals surface area contributed by atoms with Crippen LogP contribution in [0.3, 0.4) is 0 Å². The van der Waals surface area contributed by atoms with Crippen LogP contribution in [0.5, 0.6) is 11.5 Å². The Balaban J connectivity index is 1.24. The molecule has 2 aromatic carbocycles. The van der Waals surface area contributed by atoms with E-state index in [0.717, 1.165) is 66.8 Å². The van der Waals surface area contributed by atoms with Crippen molar-refractivity contribution >= 4 is 11.5 Å². The van der Waals surface area contributed by atoms with Crippen LogP contribution in [0.4, 0.5) is 0 Å². The maximum atomic E-state index is 14.1. The Bertz CT molecular complexity index is 1620. The van der Waals surface area contributed by atoms with E-state index in [4.69, 9.17) is 9.47 Å². The first-order valence-corrected chi connectivity index (χ1v) is 15.3. The molecule has 2 unspecified atom stereocenters. The summed E-state index contributed by atoms with van der Waals surface area (Å²) in [5.74, 6) is 1.36. The van der Waals surface area contributed by atoms with Gasteiger partial charge in [-0.1, -0.05) is 12.1 Å². The van der Waals surface area contributed by atoms with Gasteiger partial charge in [-0.25, -0.2) is 4.58 Å². The van der Waals surface area contributed by atoms with Crippen molar-refractivity contribution in [1.29, 1.82) is 0 Å². The second-order valence-corrected chi connectivity index (χ2v) is 12.0. The summed E-state index contributed by atoms with van der Waals surface area (Å²) in [6.45, 7) is 1.37. The number of rotatable bonds is 8. The van der Waals surface area contributed by atoms with Crippen molar-refractivity contribution in [3.8, 4) is 11.5 Å². The van der Waals surface area contributed by atoms with Crippen LogP contribution in [0, 0.1) is 0 Å². The number of Topliss-reactive ketones (excluding diaryl/α,β-unsaturated/α-hetero) is 1. The number of aromatic nitrogens is 1. The molecule has 2 atom stereocenters. The van der Waals surface area contributed by atoms with E-state index in [-0.39, 0.29) is 17.6 Å². The summed E-state index contributed by atoms with van der Waals surface area (Å²) in [5.41, 5.74) is 9.13. The predicted molar refractivity (Wildman–Crippen MR) is 163 cm³/mol. The van der Waals surface area contributed by atoms with E-state index in [1.165, 1.54) is 35.4 Å². The number of aliphatic hydroxyl groups is 1. The van der Waals surface area contributed by atoms with Crippen molar-refractivity contribution in [2.75, 3.05) is 14.2 Å². The van der Waals surface area contributed by atoms with Crippen molar-refractivity contribution in [1.82, 2.24) is 4.57 Å².